The van der Waals surface area contributed by atoms with Gasteiger partial charge in [0.05, 0.1) is 29.1 Å². The summed E-state index contributed by atoms with van der Waals surface area (Å²) in [6.07, 6.45) is 0. The van der Waals surface area contributed by atoms with Gasteiger partial charge >= 0.3 is 0 Å². The number of aromatic nitrogens is 4. The van der Waals surface area contributed by atoms with Crippen LogP contribution >= 0.6 is 0 Å². The number of nitrogens with zero attached hydrogens (tertiary/aromatic N) is 3. The fourth-order valence-corrected chi connectivity index (χ4v) is 3.75. The molecule has 0 atom stereocenters. The molecule has 0 saturated carbocycles. The maximum Gasteiger partial charge on any atom is 0.223 e. The van der Waals surface area contributed by atoms with Crippen LogP contribution in [-0.4, -0.2) is 31.7 Å². The lowest BCUT2D eigenvalue weighted by Gasteiger charge is -2.15. The average Bonchev–Trinajstić information content (AvgIpc) is 2.80. The Hall–Kier alpha value is -3.35. The number of ether oxygens (including phenoxy) is 1. The fraction of sp³-hybridized carbons (Fsp3) is 0.250. The minimum atomic E-state index is -0.173. The van der Waals surface area contributed by atoms with Crippen molar-refractivity contribution in [3.63, 3.8) is 0 Å². The third-order valence-electron chi connectivity index (χ3n) is 4.89. The van der Waals surface area contributed by atoms with Crippen molar-refractivity contribution in [3.05, 3.63) is 46.3 Å². The number of aryl methyl sites for hydroxylation is 3. The predicted molar refractivity (Wildman–Crippen MR) is 104 cm³/mol. The Morgan fingerprint density at radius 1 is 1.11 bits per heavy atom. The zero-order valence-corrected chi connectivity index (χ0v) is 15.9. The van der Waals surface area contributed by atoms with Crippen LogP contribution in [0.2, 0.25) is 0 Å². The zero-order chi connectivity index (χ0) is 19.5. The Morgan fingerprint density at radius 3 is 2.56 bits per heavy atom. The molecule has 0 saturated heterocycles. The summed E-state index contributed by atoms with van der Waals surface area (Å²) in [4.78, 5) is 12.1. The third kappa shape index (κ3) is 2.38. The summed E-state index contributed by atoms with van der Waals surface area (Å²) in [6.45, 7) is 7.63. The van der Waals surface area contributed by atoms with Crippen molar-refractivity contribution in [1.82, 2.24) is 19.5 Å². The Balaban J connectivity index is 2.31. The van der Waals surface area contributed by atoms with Gasteiger partial charge in [-0.3, -0.25) is 9.98 Å². The number of methoxy groups -OCH3 is 1. The molecule has 0 bridgehead atoms. The SMILES string of the molecule is COc1ccc(C)c(-n2c(=N)c3c(O)nc(C)cc4[nH]c(C)nc2c43)c1C. The van der Waals surface area contributed by atoms with Crippen molar-refractivity contribution >= 4 is 21.9 Å². The minimum Gasteiger partial charge on any atom is -0.496 e. The standard InChI is InChI=1S/C20H21N5O2/c1-9-6-7-14(27-5)11(3)17(9)25-18(21)16-15-13(8-10(2)22-20(16)26)23-12(4)24-19(15)25/h6-8,21,26H,1-5H3,(H,23,24). The predicted octanol–water partition coefficient (Wildman–Crippen LogP) is 3.33. The van der Waals surface area contributed by atoms with Gasteiger partial charge in [-0.15, -0.1) is 0 Å². The highest BCUT2D eigenvalue weighted by molar-refractivity contribution is 6.08. The van der Waals surface area contributed by atoms with E-state index in [1.807, 2.05) is 45.9 Å². The van der Waals surface area contributed by atoms with Gasteiger partial charge in [-0.1, -0.05) is 6.07 Å². The summed E-state index contributed by atoms with van der Waals surface area (Å²) in [5.74, 6) is 1.28. The summed E-state index contributed by atoms with van der Waals surface area (Å²) >= 11 is 0. The molecule has 0 radical (unpaired) electrons. The topological polar surface area (TPSA) is 99.8 Å². The van der Waals surface area contributed by atoms with Gasteiger partial charge in [-0.25, -0.2) is 9.97 Å². The number of hydrogen-bond donors (Lipinski definition) is 3. The van der Waals surface area contributed by atoms with E-state index in [4.69, 9.17) is 10.1 Å². The monoisotopic (exact) mass is 363 g/mol. The molecule has 7 heteroatoms. The van der Waals surface area contributed by atoms with Crippen LogP contribution < -0.4 is 10.2 Å². The lowest BCUT2D eigenvalue weighted by atomic mass is 10.1. The molecule has 4 rings (SSSR count). The van der Waals surface area contributed by atoms with E-state index in [0.29, 0.717) is 27.9 Å². The normalized spacial score (nSPS) is 11.4. The van der Waals surface area contributed by atoms with Crippen molar-refractivity contribution in [2.24, 2.45) is 0 Å². The van der Waals surface area contributed by atoms with Crippen LogP contribution in [0.25, 0.3) is 27.6 Å². The first-order valence-corrected chi connectivity index (χ1v) is 8.64. The van der Waals surface area contributed by atoms with Crippen LogP contribution in [0.1, 0.15) is 22.6 Å². The van der Waals surface area contributed by atoms with Gasteiger partial charge in [0.2, 0.25) is 5.88 Å². The van der Waals surface area contributed by atoms with E-state index in [-0.39, 0.29) is 11.4 Å². The summed E-state index contributed by atoms with van der Waals surface area (Å²) in [5, 5.41) is 20.5. The molecule has 3 heterocycles. The minimum absolute atomic E-state index is 0.140. The van der Waals surface area contributed by atoms with Crippen molar-refractivity contribution in [2.45, 2.75) is 27.7 Å². The molecule has 0 fully saturated rings. The first-order valence-electron chi connectivity index (χ1n) is 8.64. The first kappa shape index (κ1) is 17.1. The molecule has 0 aliphatic carbocycles. The number of H-pyrrole nitrogens is 1. The fourth-order valence-electron chi connectivity index (χ4n) is 3.75. The Labute approximate surface area is 155 Å². The highest BCUT2D eigenvalue weighted by Gasteiger charge is 2.21. The second-order valence-electron chi connectivity index (χ2n) is 6.77. The van der Waals surface area contributed by atoms with E-state index in [1.165, 1.54) is 0 Å². The maximum atomic E-state index is 10.6. The van der Waals surface area contributed by atoms with Crippen LogP contribution in [-0.2, 0) is 0 Å². The summed E-state index contributed by atoms with van der Waals surface area (Å²) < 4.78 is 7.24. The Morgan fingerprint density at radius 2 is 1.85 bits per heavy atom. The van der Waals surface area contributed by atoms with E-state index in [1.54, 1.807) is 11.7 Å². The van der Waals surface area contributed by atoms with E-state index >= 15 is 0 Å². The second-order valence-corrected chi connectivity index (χ2v) is 6.77. The summed E-state index contributed by atoms with van der Waals surface area (Å²) in [7, 11) is 1.63. The van der Waals surface area contributed by atoms with Gasteiger partial charge in [0.15, 0.2) is 5.65 Å². The first-order chi connectivity index (χ1) is 12.8. The number of hydrogen-bond acceptors (Lipinski definition) is 5. The Bertz CT molecular complexity index is 1280. The molecule has 3 aromatic heterocycles. The smallest absolute Gasteiger partial charge is 0.223 e. The molecular weight excluding hydrogens is 342 g/mol. The van der Waals surface area contributed by atoms with Crippen molar-refractivity contribution < 1.29 is 9.84 Å². The highest BCUT2D eigenvalue weighted by Crippen LogP contribution is 2.33. The average molecular weight is 363 g/mol. The van der Waals surface area contributed by atoms with E-state index in [0.717, 1.165) is 28.1 Å². The third-order valence-corrected chi connectivity index (χ3v) is 4.89. The lowest BCUT2D eigenvalue weighted by Crippen LogP contribution is -2.16. The molecule has 0 spiro atoms. The zero-order valence-electron chi connectivity index (χ0n) is 15.9. The molecule has 4 aromatic rings. The molecule has 138 valence electrons. The van der Waals surface area contributed by atoms with Gasteiger partial charge < -0.3 is 14.8 Å². The Kier molecular flexibility index (Phi) is 3.69. The van der Waals surface area contributed by atoms with Crippen LogP contribution in [0.3, 0.4) is 0 Å². The van der Waals surface area contributed by atoms with Crippen molar-refractivity contribution in [3.8, 4) is 17.3 Å². The summed E-state index contributed by atoms with van der Waals surface area (Å²) in [5.41, 5.74) is 4.90. The molecule has 7 nitrogen and oxygen atoms in total. The number of aromatic hydroxyl groups is 1. The number of aromatic amines is 1. The lowest BCUT2D eigenvalue weighted by molar-refractivity contribution is 0.411. The number of rotatable bonds is 2. The van der Waals surface area contributed by atoms with E-state index in [2.05, 4.69) is 15.0 Å². The molecule has 3 N–H and O–H groups in total. The van der Waals surface area contributed by atoms with Crippen LogP contribution in [0.5, 0.6) is 11.6 Å². The van der Waals surface area contributed by atoms with Gasteiger partial charge in [-0.05, 0) is 45.4 Å². The number of benzene rings is 1. The van der Waals surface area contributed by atoms with Crippen molar-refractivity contribution in [2.75, 3.05) is 7.11 Å². The molecule has 0 unspecified atom stereocenters. The molecule has 0 aliphatic heterocycles. The van der Waals surface area contributed by atoms with Crippen LogP contribution in [0.4, 0.5) is 0 Å². The maximum absolute atomic E-state index is 10.6. The van der Waals surface area contributed by atoms with E-state index < -0.39 is 0 Å². The largest absolute Gasteiger partial charge is 0.496 e. The van der Waals surface area contributed by atoms with E-state index in [9.17, 15) is 5.11 Å². The van der Waals surface area contributed by atoms with Gasteiger partial charge in [0.25, 0.3) is 0 Å². The molecule has 0 aliphatic rings. The molecule has 27 heavy (non-hydrogen) atoms. The van der Waals surface area contributed by atoms with Gasteiger partial charge in [-0.2, -0.15) is 0 Å². The molecule has 0 amide bonds. The van der Waals surface area contributed by atoms with Crippen LogP contribution in [0.15, 0.2) is 18.2 Å². The van der Waals surface area contributed by atoms with Gasteiger partial charge in [0.1, 0.15) is 17.1 Å². The highest BCUT2D eigenvalue weighted by atomic mass is 16.5. The second kappa shape index (κ2) is 5.84. The number of nitrogens with one attached hydrogen (secondary N) is 2. The quantitative estimate of drug-likeness (QED) is 0.508. The van der Waals surface area contributed by atoms with Crippen LogP contribution in [0, 0.1) is 33.1 Å². The molecular formula is C20H21N5O2. The summed E-state index contributed by atoms with van der Waals surface area (Å²) in [6, 6.07) is 5.73. The van der Waals surface area contributed by atoms with Gasteiger partial charge in [0, 0.05) is 11.3 Å². The van der Waals surface area contributed by atoms with Crippen molar-refractivity contribution in [1.29, 1.82) is 5.41 Å². The molecule has 1 aromatic carbocycles.